The fraction of sp³-hybridized carbons (Fsp3) is 0.333. The molecule has 0 aromatic heterocycles. The van der Waals surface area contributed by atoms with Crippen molar-refractivity contribution < 1.29 is 17.5 Å². The molecule has 1 aromatic rings. The van der Waals surface area contributed by atoms with Gasteiger partial charge in [-0.25, -0.2) is 12.8 Å². The molecule has 0 saturated carbocycles. The van der Waals surface area contributed by atoms with Gasteiger partial charge in [0, 0.05) is 6.54 Å². The van der Waals surface area contributed by atoms with Crippen molar-refractivity contribution in [3.05, 3.63) is 29.6 Å². The first-order valence-electron chi connectivity index (χ1n) is 5.70. The van der Waals surface area contributed by atoms with Crippen LogP contribution < -0.4 is 0 Å². The lowest BCUT2D eigenvalue weighted by Crippen LogP contribution is -2.45. The molecule has 0 bridgehead atoms. The van der Waals surface area contributed by atoms with Crippen molar-refractivity contribution in [3.63, 3.8) is 0 Å². The molecule has 1 atom stereocenters. The Balaban J connectivity index is 2.44. The van der Waals surface area contributed by atoms with Crippen LogP contribution in [-0.4, -0.2) is 38.5 Å². The van der Waals surface area contributed by atoms with E-state index in [0.717, 1.165) is 10.4 Å². The zero-order chi connectivity index (χ0) is 14.8. The van der Waals surface area contributed by atoms with E-state index in [-0.39, 0.29) is 19.7 Å². The van der Waals surface area contributed by atoms with Gasteiger partial charge in [-0.05, 0) is 12.1 Å². The van der Waals surface area contributed by atoms with Crippen molar-refractivity contribution in [2.24, 2.45) is 0 Å². The summed E-state index contributed by atoms with van der Waals surface area (Å²) in [5.41, 5.74) is -0.521. The number of benzene rings is 1. The van der Waals surface area contributed by atoms with E-state index in [4.69, 9.17) is 15.3 Å². The molecule has 0 radical (unpaired) electrons. The highest BCUT2D eigenvalue weighted by molar-refractivity contribution is 7.89. The molecule has 1 heterocycles. The molecular formula is C12H10FN3O3S. The van der Waals surface area contributed by atoms with Crippen LogP contribution in [0.25, 0.3) is 0 Å². The normalized spacial score (nSPS) is 20.1. The maximum absolute atomic E-state index is 13.5. The van der Waals surface area contributed by atoms with Crippen LogP contribution in [0.5, 0.6) is 0 Å². The van der Waals surface area contributed by atoms with Crippen LogP contribution in [0.15, 0.2) is 23.1 Å². The first-order chi connectivity index (χ1) is 9.50. The van der Waals surface area contributed by atoms with Crippen LogP contribution in [0.3, 0.4) is 0 Å². The average molecular weight is 295 g/mol. The topological polar surface area (TPSA) is 94.2 Å². The van der Waals surface area contributed by atoms with Crippen LogP contribution >= 0.6 is 0 Å². The molecule has 8 heteroatoms. The summed E-state index contributed by atoms with van der Waals surface area (Å²) in [6, 6.07) is 6.81. The first-order valence-corrected chi connectivity index (χ1v) is 7.14. The van der Waals surface area contributed by atoms with E-state index in [1.807, 2.05) is 6.07 Å². The van der Waals surface area contributed by atoms with Crippen molar-refractivity contribution in [2.45, 2.75) is 11.0 Å². The van der Waals surface area contributed by atoms with Crippen molar-refractivity contribution in [1.29, 1.82) is 10.5 Å². The van der Waals surface area contributed by atoms with Crippen LogP contribution in [0, 0.1) is 28.5 Å². The predicted molar refractivity (Wildman–Crippen MR) is 65.2 cm³/mol. The number of hydrogen-bond acceptors (Lipinski definition) is 5. The van der Waals surface area contributed by atoms with Crippen molar-refractivity contribution >= 4 is 10.0 Å². The lowest BCUT2D eigenvalue weighted by Gasteiger charge is -2.29. The minimum absolute atomic E-state index is 0.0574. The Morgan fingerprint density at radius 2 is 2.15 bits per heavy atom. The highest BCUT2D eigenvalue weighted by atomic mass is 32.2. The Labute approximate surface area is 115 Å². The minimum Gasteiger partial charge on any atom is -0.361 e. The Morgan fingerprint density at radius 1 is 1.40 bits per heavy atom. The van der Waals surface area contributed by atoms with Gasteiger partial charge in [0.25, 0.3) is 0 Å². The number of hydrogen-bond donors (Lipinski definition) is 0. The van der Waals surface area contributed by atoms with Gasteiger partial charge < -0.3 is 4.74 Å². The van der Waals surface area contributed by atoms with Gasteiger partial charge in [-0.1, -0.05) is 6.07 Å². The van der Waals surface area contributed by atoms with E-state index in [9.17, 15) is 12.8 Å². The first kappa shape index (κ1) is 14.4. The summed E-state index contributed by atoms with van der Waals surface area (Å²) in [7, 11) is -4.03. The molecule has 0 spiro atoms. The molecule has 20 heavy (non-hydrogen) atoms. The van der Waals surface area contributed by atoms with Gasteiger partial charge >= 0.3 is 0 Å². The molecule has 1 aromatic carbocycles. The maximum atomic E-state index is 13.5. The third kappa shape index (κ3) is 2.49. The third-order valence-corrected chi connectivity index (χ3v) is 4.79. The molecule has 1 saturated heterocycles. The summed E-state index contributed by atoms with van der Waals surface area (Å²) in [6.45, 7) is -0.00320. The van der Waals surface area contributed by atoms with Gasteiger partial charge in [0.15, 0.2) is 6.10 Å². The number of rotatable bonds is 2. The number of nitrogens with zero attached hydrogens (tertiary/aromatic N) is 3. The highest BCUT2D eigenvalue weighted by Gasteiger charge is 2.33. The van der Waals surface area contributed by atoms with Gasteiger partial charge in [-0.3, -0.25) is 0 Å². The van der Waals surface area contributed by atoms with Crippen LogP contribution in [0.1, 0.15) is 5.56 Å². The Morgan fingerprint density at radius 3 is 2.80 bits per heavy atom. The summed E-state index contributed by atoms with van der Waals surface area (Å²) in [6.07, 6.45) is -0.863. The Hall–Kier alpha value is -2.00. The molecule has 6 nitrogen and oxygen atoms in total. The second-order valence-corrected chi connectivity index (χ2v) is 5.98. The molecule has 1 unspecified atom stereocenters. The monoisotopic (exact) mass is 295 g/mol. The highest BCUT2D eigenvalue weighted by Crippen LogP contribution is 2.23. The molecule has 1 aliphatic rings. The van der Waals surface area contributed by atoms with E-state index in [0.29, 0.717) is 0 Å². The SMILES string of the molecule is N#Cc1c(F)cccc1S(=O)(=O)N1CCOC(C#N)C1. The van der Waals surface area contributed by atoms with Crippen molar-refractivity contribution in [2.75, 3.05) is 19.7 Å². The summed E-state index contributed by atoms with van der Waals surface area (Å²) in [5.74, 6) is -0.890. The fourth-order valence-corrected chi connectivity index (χ4v) is 3.47. The zero-order valence-corrected chi connectivity index (χ0v) is 11.1. The number of morpholine rings is 1. The molecule has 0 N–H and O–H groups in total. The Bertz CT molecular complexity index is 706. The van der Waals surface area contributed by atoms with Crippen LogP contribution in [0.2, 0.25) is 0 Å². The predicted octanol–water partition coefficient (Wildman–Crippen LogP) is 0.610. The van der Waals surface area contributed by atoms with Gasteiger partial charge in [-0.2, -0.15) is 14.8 Å². The van der Waals surface area contributed by atoms with Gasteiger partial charge in [0.1, 0.15) is 22.3 Å². The molecule has 104 valence electrons. The molecule has 1 aliphatic heterocycles. The van der Waals surface area contributed by atoms with Gasteiger partial charge in [0.05, 0.1) is 19.2 Å². The third-order valence-electron chi connectivity index (χ3n) is 2.88. The van der Waals surface area contributed by atoms with Gasteiger partial charge in [0.2, 0.25) is 10.0 Å². The summed E-state index contributed by atoms with van der Waals surface area (Å²) in [5, 5.41) is 17.7. The fourth-order valence-electron chi connectivity index (χ4n) is 1.89. The maximum Gasteiger partial charge on any atom is 0.244 e. The van der Waals surface area contributed by atoms with E-state index in [2.05, 4.69) is 0 Å². The molecule has 0 aliphatic carbocycles. The molecule has 2 rings (SSSR count). The Kier molecular flexibility index (Phi) is 4.00. The van der Waals surface area contributed by atoms with E-state index in [1.165, 1.54) is 12.1 Å². The van der Waals surface area contributed by atoms with E-state index >= 15 is 0 Å². The van der Waals surface area contributed by atoms with Crippen molar-refractivity contribution in [1.82, 2.24) is 4.31 Å². The lowest BCUT2D eigenvalue weighted by molar-refractivity contribution is 0.0311. The van der Waals surface area contributed by atoms with Crippen LogP contribution in [0.4, 0.5) is 4.39 Å². The van der Waals surface area contributed by atoms with E-state index < -0.39 is 32.4 Å². The van der Waals surface area contributed by atoms with Crippen molar-refractivity contribution in [3.8, 4) is 12.1 Å². The largest absolute Gasteiger partial charge is 0.361 e. The number of nitriles is 2. The van der Waals surface area contributed by atoms with E-state index in [1.54, 1.807) is 6.07 Å². The molecular weight excluding hydrogens is 285 g/mol. The zero-order valence-electron chi connectivity index (χ0n) is 10.3. The van der Waals surface area contributed by atoms with Crippen LogP contribution in [-0.2, 0) is 14.8 Å². The summed E-state index contributed by atoms with van der Waals surface area (Å²) >= 11 is 0. The summed E-state index contributed by atoms with van der Waals surface area (Å²) < 4.78 is 44.4. The second kappa shape index (κ2) is 5.55. The lowest BCUT2D eigenvalue weighted by atomic mass is 10.2. The second-order valence-electron chi connectivity index (χ2n) is 4.08. The summed E-state index contributed by atoms with van der Waals surface area (Å²) in [4.78, 5) is -0.390. The number of ether oxygens (including phenoxy) is 1. The minimum atomic E-state index is -4.03. The quantitative estimate of drug-likeness (QED) is 0.796. The molecule has 1 fully saturated rings. The molecule has 0 amide bonds. The number of sulfonamides is 1. The van der Waals surface area contributed by atoms with Gasteiger partial charge in [-0.15, -0.1) is 0 Å². The average Bonchev–Trinajstić information content (AvgIpc) is 2.47. The smallest absolute Gasteiger partial charge is 0.244 e. The standard InChI is InChI=1S/C12H10FN3O3S/c13-11-2-1-3-12(10(11)7-15)20(17,18)16-4-5-19-9(6-14)8-16/h1-3,9H,4-5,8H2. The number of halogens is 1.